The number of nitrogens with two attached hydrogens (primary N) is 1. The molecule has 3 heteroatoms. The number of alkyl halides is 2. The Morgan fingerprint density at radius 1 is 1.40 bits per heavy atom. The van der Waals surface area contributed by atoms with Crippen molar-refractivity contribution in [1.82, 2.24) is 0 Å². The van der Waals surface area contributed by atoms with E-state index in [1.165, 1.54) is 0 Å². The number of hydrogen-bond donors (Lipinski definition) is 1. The molecule has 1 fully saturated rings. The first kappa shape index (κ1) is 7.92. The van der Waals surface area contributed by atoms with Crippen LogP contribution in [0.25, 0.3) is 0 Å². The van der Waals surface area contributed by atoms with E-state index in [-0.39, 0.29) is 5.92 Å². The second kappa shape index (κ2) is 3.28. The molecule has 60 valence electrons. The highest BCUT2D eigenvalue weighted by atomic mass is 19.3. The zero-order valence-corrected chi connectivity index (χ0v) is 5.89. The Labute approximate surface area is 59.6 Å². The Bertz CT molecular complexity index is 106. The summed E-state index contributed by atoms with van der Waals surface area (Å²) < 4.78 is 24.2. The Morgan fingerprint density at radius 3 is 2.50 bits per heavy atom. The molecule has 1 saturated carbocycles. The largest absolute Gasteiger partial charge is 0.330 e. The molecule has 1 rings (SSSR count). The molecule has 0 aromatic heterocycles. The minimum Gasteiger partial charge on any atom is -0.330 e. The van der Waals surface area contributed by atoms with Crippen LogP contribution in [0.3, 0.4) is 0 Å². The molecule has 0 aromatic rings. The lowest BCUT2D eigenvalue weighted by Crippen LogP contribution is -2.23. The molecule has 0 heterocycles. The Morgan fingerprint density at radius 2 is 2.10 bits per heavy atom. The first-order valence-corrected chi connectivity index (χ1v) is 3.74. The lowest BCUT2D eigenvalue weighted by molar-refractivity contribution is 0.0582. The van der Waals surface area contributed by atoms with Gasteiger partial charge in [0.05, 0.1) is 0 Å². The van der Waals surface area contributed by atoms with Crippen LogP contribution in [-0.4, -0.2) is 13.0 Å². The predicted octanol–water partition coefficient (Wildman–Crippen LogP) is 1.63. The van der Waals surface area contributed by atoms with E-state index in [0.717, 1.165) is 12.8 Å². The molecule has 1 nitrogen and oxygen atoms in total. The van der Waals surface area contributed by atoms with Crippen LogP contribution in [0.2, 0.25) is 0 Å². The third-order valence-electron chi connectivity index (χ3n) is 2.34. The maximum atomic E-state index is 12.1. The van der Waals surface area contributed by atoms with Crippen molar-refractivity contribution < 1.29 is 8.78 Å². The topological polar surface area (TPSA) is 26.0 Å². The van der Waals surface area contributed by atoms with Crippen molar-refractivity contribution >= 4 is 0 Å². The molecule has 10 heavy (non-hydrogen) atoms. The molecule has 2 N–H and O–H groups in total. The summed E-state index contributed by atoms with van der Waals surface area (Å²) in [5.41, 5.74) is 5.33. The molecule has 0 amide bonds. The molecular formula is C7H13F2N. The fourth-order valence-corrected chi connectivity index (χ4v) is 1.69. The van der Waals surface area contributed by atoms with Gasteiger partial charge in [-0.25, -0.2) is 8.78 Å². The van der Waals surface area contributed by atoms with Crippen LogP contribution in [0, 0.1) is 11.8 Å². The van der Waals surface area contributed by atoms with E-state index in [2.05, 4.69) is 0 Å². The summed E-state index contributed by atoms with van der Waals surface area (Å²) in [5.74, 6) is -0.329. The summed E-state index contributed by atoms with van der Waals surface area (Å²) in [5, 5.41) is 0. The van der Waals surface area contributed by atoms with E-state index in [4.69, 9.17) is 5.73 Å². The molecule has 1 aliphatic carbocycles. The molecule has 0 radical (unpaired) electrons. The zero-order chi connectivity index (χ0) is 7.56. The van der Waals surface area contributed by atoms with Crippen LogP contribution in [0.1, 0.15) is 19.3 Å². The minimum atomic E-state index is -2.16. The minimum absolute atomic E-state index is 0.0833. The molecule has 2 atom stereocenters. The van der Waals surface area contributed by atoms with E-state index in [0.29, 0.717) is 13.0 Å². The summed E-state index contributed by atoms with van der Waals surface area (Å²) in [4.78, 5) is 0. The summed E-state index contributed by atoms with van der Waals surface area (Å²) >= 11 is 0. The highest BCUT2D eigenvalue weighted by molar-refractivity contribution is 4.79. The fraction of sp³-hybridized carbons (Fsp3) is 1.00. The lowest BCUT2D eigenvalue weighted by atomic mass is 9.97. The standard InChI is InChI=1S/C7H13F2N/c8-7(9)6-3-1-2-5(6)4-10/h5-7H,1-4,10H2/t5-,6+/m0/s1. The molecule has 0 unspecified atom stereocenters. The Hall–Kier alpha value is -0.180. The lowest BCUT2D eigenvalue weighted by Gasteiger charge is -2.15. The summed E-state index contributed by atoms with van der Waals surface area (Å²) in [6.45, 7) is 0.426. The van der Waals surface area contributed by atoms with Gasteiger partial charge in [0.15, 0.2) is 0 Å². The SMILES string of the molecule is NC[C@@H]1CCC[C@H]1C(F)F. The molecule has 0 saturated heterocycles. The zero-order valence-electron chi connectivity index (χ0n) is 5.89. The van der Waals surface area contributed by atoms with Gasteiger partial charge < -0.3 is 5.73 Å². The average Bonchev–Trinajstić information content (AvgIpc) is 2.33. The maximum Gasteiger partial charge on any atom is 0.241 e. The monoisotopic (exact) mass is 149 g/mol. The fourth-order valence-electron chi connectivity index (χ4n) is 1.69. The third-order valence-corrected chi connectivity index (χ3v) is 2.34. The highest BCUT2D eigenvalue weighted by Gasteiger charge is 2.32. The van der Waals surface area contributed by atoms with Crippen LogP contribution in [0.4, 0.5) is 8.78 Å². The van der Waals surface area contributed by atoms with Gasteiger partial charge in [0.2, 0.25) is 6.43 Å². The van der Waals surface area contributed by atoms with E-state index in [1.807, 2.05) is 0 Å². The second-order valence-corrected chi connectivity index (χ2v) is 2.92. The van der Waals surface area contributed by atoms with E-state index in [1.54, 1.807) is 0 Å². The van der Waals surface area contributed by atoms with Crippen LogP contribution >= 0.6 is 0 Å². The van der Waals surface area contributed by atoms with Gasteiger partial charge in [0.1, 0.15) is 0 Å². The van der Waals surface area contributed by atoms with E-state index < -0.39 is 12.3 Å². The van der Waals surface area contributed by atoms with Crippen molar-refractivity contribution in [3.05, 3.63) is 0 Å². The van der Waals surface area contributed by atoms with Gasteiger partial charge in [0.25, 0.3) is 0 Å². The van der Waals surface area contributed by atoms with Gasteiger partial charge in [-0.05, 0) is 25.3 Å². The molecule has 1 aliphatic rings. The summed E-state index contributed by atoms with van der Waals surface area (Å²) in [6.07, 6.45) is 0.332. The van der Waals surface area contributed by atoms with Gasteiger partial charge in [0, 0.05) is 5.92 Å². The van der Waals surface area contributed by atoms with Crippen molar-refractivity contribution in [2.24, 2.45) is 17.6 Å². The van der Waals surface area contributed by atoms with E-state index >= 15 is 0 Å². The van der Waals surface area contributed by atoms with Crippen LogP contribution in [0.15, 0.2) is 0 Å². The highest BCUT2D eigenvalue weighted by Crippen LogP contribution is 2.34. The first-order valence-electron chi connectivity index (χ1n) is 3.74. The second-order valence-electron chi connectivity index (χ2n) is 2.92. The van der Waals surface area contributed by atoms with Crippen LogP contribution in [-0.2, 0) is 0 Å². The average molecular weight is 149 g/mol. The molecule has 0 aliphatic heterocycles. The molecular weight excluding hydrogens is 136 g/mol. The smallest absolute Gasteiger partial charge is 0.241 e. The van der Waals surface area contributed by atoms with Crippen LogP contribution in [0.5, 0.6) is 0 Å². The van der Waals surface area contributed by atoms with Crippen molar-refractivity contribution in [2.45, 2.75) is 25.7 Å². The molecule has 0 spiro atoms. The van der Waals surface area contributed by atoms with Gasteiger partial charge in [-0.15, -0.1) is 0 Å². The first-order chi connectivity index (χ1) is 4.75. The quantitative estimate of drug-likeness (QED) is 0.634. The van der Waals surface area contributed by atoms with Gasteiger partial charge in [-0.1, -0.05) is 6.42 Å². The maximum absolute atomic E-state index is 12.1. The molecule has 0 bridgehead atoms. The van der Waals surface area contributed by atoms with Crippen molar-refractivity contribution in [1.29, 1.82) is 0 Å². The van der Waals surface area contributed by atoms with Gasteiger partial charge in [-0.3, -0.25) is 0 Å². The molecule has 0 aromatic carbocycles. The van der Waals surface area contributed by atoms with Crippen molar-refractivity contribution in [3.63, 3.8) is 0 Å². The number of rotatable bonds is 2. The normalized spacial score (nSPS) is 33.6. The third kappa shape index (κ3) is 1.45. The summed E-state index contributed by atoms with van der Waals surface area (Å²) in [6, 6.07) is 0. The number of hydrogen-bond acceptors (Lipinski definition) is 1. The predicted molar refractivity (Wildman–Crippen MR) is 35.9 cm³/mol. The number of halogens is 2. The van der Waals surface area contributed by atoms with Crippen LogP contribution < -0.4 is 5.73 Å². The van der Waals surface area contributed by atoms with Gasteiger partial charge >= 0.3 is 0 Å². The Kier molecular flexibility index (Phi) is 2.60. The van der Waals surface area contributed by atoms with Gasteiger partial charge in [-0.2, -0.15) is 0 Å². The Balaban J connectivity index is 2.42. The van der Waals surface area contributed by atoms with Crippen molar-refractivity contribution in [3.8, 4) is 0 Å². The summed E-state index contributed by atoms with van der Waals surface area (Å²) in [7, 11) is 0. The van der Waals surface area contributed by atoms with E-state index in [9.17, 15) is 8.78 Å². The van der Waals surface area contributed by atoms with Crippen molar-refractivity contribution in [2.75, 3.05) is 6.54 Å².